The summed E-state index contributed by atoms with van der Waals surface area (Å²) in [6, 6.07) is 5.91. The lowest BCUT2D eigenvalue weighted by Crippen LogP contribution is -2.51. The van der Waals surface area contributed by atoms with Crippen LogP contribution in [0.5, 0.6) is 0 Å². The van der Waals surface area contributed by atoms with E-state index >= 15 is 0 Å². The van der Waals surface area contributed by atoms with Gasteiger partial charge in [0, 0.05) is 11.4 Å². The summed E-state index contributed by atoms with van der Waals surface area (Å²) < 4.78 is 0. The molecule has 1 aliphatic heterocycles. The van der Waals surface area contributed by atoms with Gasteiger partial charge in [-0.1, -0.05) is 30.7 Å². The van der Waals surface area contributed by atoms with Crippen molar-refractivity contribution in [2.75, 3.05) is 0 Å². The molecule has 6 nitrogen and oxygen atoms in total. The average molecular weight is 348 g/mol. The summed E-state index contributed by atoms with van der Waals surface area (Å²) in [7, 11) is 0. The number of aromatic nitrogens is 3. The molecule has 1 aromatic heterocycles. The van der Waals surface area contributed by atoms with Crippen LogP contribution in [0.3, 0.4) is 0 Å². The van der Waals surface area contributed by atoms with Gasteiger partial charge in [0.05, 0.1) is 24.4 Å². The minimum atomic E-state index is -0.118. The van der Waals surface area contributed by atoms with Gasteiger partial charge in [-0.15, -0.1) is 0 Å². The summed E-state index contributed by atoms with van der Waals surface area (Å²) >= 11 is 6.41. The van der Waals surface area contributed by atoms with Crippen LogP contribution in [-0.4, -0.2) is 27.1 Å². The van der Waals surface area contributed by atoms with Crippen LogP contribution in [0, 0.1) is 0 Å². The Labute approximate surface area is 146 Å². The highest BCUT2D eigenvalue weighted by atomic mass is 35.5. The molecule has 3 rings (SSSR count). The van der Waals surface area contributed by atoms with Gasteiger partial charge in [0.1, 0.15) is 5.69 Å². The first-order valence-corrected chi connectivity index (χ1v) is 8.61. The molecule has 1 aromatic carbocycles. The fourth-order valence-electron chi connectivity index (χ4n) is 2.97. The molecule has 0 radical (unpaired) electrons. The Balaban J connectivity index is 1.81. The number of aryl methyl sites for hydroxylation is 1. The monoisotopic (exact) mass is 347 g/mol. The summed E-state index contributed by atoms with van der Waals surface area (Å²) in [5, 5.41) is 15.8. The second-order valence-corrected chi connectivity index (χ2v) is 6.59. The molecule has 1 amide bonds. The highest BCUT2D eigenvalue weighted by Gasteiger charge is 2.27. The van der Waals surface area contributed by atoms with Crippen LogP contribution in [0.4, 0.5) is 0 Å². The normalized spacial score (nSPS) is 22.2. The summed E-state index contributed by atoms with van der Waals surface area (Å²) in [6.45, 7) is 6.02. The molecule has 0 bridgehead atoms. The van der Waals surface area contributed by atoms with Crippen LogP contribution in [0.2, 0.25) is 5.02 Å². The van der Waals surface area contributed by atoms with Gasteiger partial charge in [0.15, 0.2) is 0 Å². The molecule has 3 atom stereocenters. The minimum absolute atomic E-state index is 0.0204. The third-order valence-corrected chi connectivity index (χ3v) is 4.70. The maximum atomic E-state index is 11.7. The van der Waals surface area contributed by atoms with Crippen LogP contribution in [0.25, 0.3) is 0 Å². The lowest BCUT2D eigenvalue weighted by atomic mass is 10.1. The van der Waals surface area contributed by atoms with Crippen molar-refractivity contribution in [2.45, 2.75) is 51.9 Å². The quantitative estimate of drug-likeness (QED) is 0.891. The number of carbonyl (C=O) groups is 1. The van der Waals surface area contributed by atoms with E-state index < -0.39 is 0 Å². The number of carbonyl (C=O) groups excluding carboxylic acids is 1. The zero-order chi connectivity index (χ0) is 17.3. The Morgan fingerprint density at radius 3 is 2.92 bits per heavy atom. The summed E-state index contributed by atoms with van der Waals surface area (Å²) in [4.78, 5) is 13.4. The van der Waals surface area contributed by atoms with E-state index in [2.05, 4.69) is 33.8 Å². The molecule has 2 heterocycles. The zero-order valence-electron chi connectivity index (χ0n) is 14.1. The highest BCUT2D eigenvalue weighted by Crippen LogP contribution is 2.27. The van der Waals surface area contributed by atoms with E-state index in [1.165, 1.54) is 5.56 Å². The van der Waals surface area contributed by atoms with Crippen molar-refractivity contribution in [3.05, 3.63) is 46.2 Å². The van der Waals surface area contributed by atoms with Crippen molar-refractivity contribution in [3.63, 3.8) is 0 Å². The highest BCUT2D eigenvalue weighted by molar-refractivity contribution is 6.31. The molecule has 0 saturated carbocycles. The van der Waals surface area contributed by atoms with Gasteiger partial charge < -0.3 is 5.32 Å². The second kappa shape index (κ2) is 6.91. The van der Waals surface area contributed by atoms with Crippen LogP contribution in [0.15, 0.2) is 24.4 Å². The molecule has 3 unspecified atom stereocenters. The van der Waals surface area contributed by atoms with E-state index in [1.807, 2.05) is 26.0 Å². The molecule has 1 saturated heterocycles. The molecular weight excluding hydrogens is 326 g/mol. The van der Waals surface area contributed by atoms with E-state index in [0.29, 0.717) is 6.42 Å². The molecule has 1 fully saturated rings. The lowest BCUT2D eigenvalue weighted by molar-refractivity contribution is -0.124. The van der Waals surface area contributed by atoms with Gasteiger partial charge in [-0.3, -0.25) is 10.1 Å². The predicted molar refractivity (Wildman–Crippen MR) is 92.8 cm³/mol. The fraction of sp³-hybridized carbons (Fsp3) is 0.471. The Kier molecular flexibility index (Phi) is 4.87. The van der Waals surface area contributed by atoms with E-state index in [-0.39, 0.29) is 24.2 Å². The molecular formula is C17H22ClN5O. The number of halogens is 1. The van der Waals surface area contributed by atoms with Crippen molar-refractivity contribution in [1.82, 2.24) is 25.6 Å². The number of amides is 1. The molecule has 2 N–H and O–H groups in total. The first kappa shape index (κ1) is 16.9. The van der Waals surface area contributed by atoms with Gasteiger partial charge in [-0.05, 0) is 37.5 Å². The summed E-state index contributed by atoms with van der Waals surface area (Å²) in [6.07, 6.45) is 2.96. The Bertz CT molecular complexity index is 744. The second-order valence-electron chi connectivity index (χ2n) is 6.19. The third kappa shape index (κ3) is 3.44. The Morgan fingerprint density at radius 2 is 2.25 bits per heavy atom. The first-order valence-electron chi connectivity index (χ1n) is 8.23. The number of hydrogen-bond acceptors (Lipinski definition) is 4. The van der Waals surface area contributed by atoms with Gasteiger partial charge in [-0.25, -0.2) is 0 Å². The van der Waals surface area contributed by atoms with Gasteiger partial charge in [-0.2, -0.15) is 15.0 Å². The number of nitrogens with zero attached hydrogens (tertiary/aromatic N) is 3. The maximum Gasteiger partial charge on any atom is 0.223 e. The van der Waals surface area contributed by atoms with Crippen LogP contribution in [-0.2, 0) is 11.2 Å². The van der Waals surface area contributed by atoms with Crippen LogP contribution >= 0.6 is 11.6 Å². The minimum Gasteiger partial charge on any atom is -0.341 e. The smallest absolute Gasteiger partial charge is 0.223 e. The molecule has 0 spiro atoms. The number of benzene rings is 1. The lowest BCUT2D eigenvalue weighted by Gasteiger charge is -2.27. The van der Waals surface area contributed by atoms with Crippen LogP contribution < -0.4 is 10.6 Å². The molecule has 1 aliphatic rings. The largest absolute Gasteiger partial charge is 0.341 e. The van der Waals surface area contributed by atoms with Gasteiger partial charge in [0.25, 0.3) is 0 Å². The molecule has 128 valence electrons. The van der Waals surface area contributed by atoms with E-state index in [9.17, 15) is 4.79 Å². The van der Waals surface area contributed by atoms with Crippen LogP contribution in [0.1, 0.15) is 56.1 Å². The first-order chi connectivity index (χ1) is 11.5. The maximum absolute atomic E-state index is 11.7. The van der Waals surface area contributed by atoms with Crippen molar-refractivity contribution in [3.8, 4) is 0 Å². The Hall–Kier alpha value is -1.92. The third-order valence-electron chi connectivity index (χ3n) is 4.37. The number of hydrogen-bond donors (Lipinski definition) is 2. The summed E-state index contributed by atoms with van der Waals surface area (Å²) in [5.41, 5.74) is 2.96. The van der Waals surface area contributed by atoms with Gasteiger partial charge >= 0.3 is 0 Å². The zero-order valence-corrected chi connectivity index (χ0v) is 14.8. The average Bonchev–Trinajstić information content (AvgIpc) is 3.03. The predicted octanol–water partition coefficient (Wildman–Crippen LogP) is 2.60. The van der Waals surface area contributed by atoms with Crippen molar-refractivity contribution in [2.24, 2.45) is 0 Å². The fourth-order valence-corrected chi connectivity index (χ4v) is 3.33. The van der Waals surface area contributed by atoms with E-state index in [1.54, 1.807) is 11.0 Å². The molecule has 0 aliphatic carbocycles. The van der Waals surface area contributed by atoms with Crippen molar-refractivity contribution in [1.29, 1.82) is 0 Å². The number of nitrogens with one attached hydrogen (secondary N) is 2. The van der Waals surface area contributed by atoms with E-state index in [4.69, 9.17) is 11.6 Å². The van der Waals surface area contributed by atoms with Gasteiger partial charge in [0.2, 0.25) is 5.91 Å². The molecule has 24 heavy (non-hydrogen) atoms. The van der Waals surface area contributed by atoms with E-state index in [0.717, 1.165) is 22.7 Å². The molecule has 7 heteroatoms. The standard InChI is InChI=1S/C17H22ClN5O/c1-4-12-5-6-13(14(18)7-12)10(2)23-19-9-16(22-23)15-8-17(24)21-11(3)20-15/h5-7,9-11,15,20H,4,8H2,1-3H3,(H,21,24). The van der Waals surface area contributed by atoms with Crippen molar-refractivity contribution < 1.29 is 4.79 Å². The summed E-state index contributed by atoms with van der Waals surface area (Å²) in [5.74, 6) is 0.0204. The Morgan fingerprint density at radius 1 is 1.46 bits per heavy atom. The number of rotatable bonds is 4. The molecule has 2 aromatic rings. The SMILES string of the molecule is CCc1ccc(C(C)n2ncc(C3CC(=O)NC(C)N3)n2)c(Cl)c1. The topological polar surface area (TPSA) is 71.8 Å². The van der Waals surface area contributed by atoms with Crippen molar-refractivity contribution >= 4 is 17.5 Å².